The van der Waals surface area contributed by atoms with Crippen molar-refractivity contribution in [2.24, 2.45) is 0 Å². The van der Waals surface area contributed by atoms with Crippen LogP contribution in [0.4, 0.5) is 0 Å². The van der Waals surface area contributed by atoms with Gasteiger partial charge in [-0.1, -0.05) is 30.3 Å². The molecule has 0 bridgehead atoms. The summed E-state index contributed by atoms with van der Waals surface area (Å²) in [5.74, 6) is 0.366. The smallest absolute Gasteiger partial charge is 0.354 e. The molecule has 4 heteroatoms. The summed E-state index contributed by atoms with van der Waals surface area (Å²) in [6, 6.07) is 17.3. The Morgan fingerprint density at radius 1 is 1.10 bits per heavy atom. The van der Waals surface area contributed by atoms with E-state index >= 15 is 0 Å². The highest BCUT2D eigenvalue weighted by Gasteiger charge is 2.18. The Bertz CT molecular complexity index is 727. The number of esters is 1. The monoisotopic (exact) mass is 281 g/mol. The van der Waals surface area contributed by atoms with E-state index in [1.165, 1.54) is 7.11 Å². The Morgan fingerprint density at radius 3 is 2.57 bits per heavy atom. The lowest BCUT2D eigenvalue weighted by Crippen LogP contribution is -2.12. The molecule has 0 aliphatic heterocycles. The van der Waals surface area contributed by atoms with E-state index < -0.39 is 0 Å². The van der Waals surface area contributed by atoms with E-state index in [4.69, 9.17) is 9.15 Å². The standard InChI is InChI=1S/C17H15NO3/c1-20-17(19)15-10-9-14(16-8-5-11-21-16)18(15)12-13-6-3-2-4-7-13/h2-11H,12H2,1H3. The SMILES string of the molecule is COC(=O)c1ccc(-c2ccco2)n1Cc1ccccc1. The maximum absolute atomic E-state index is 11.9. The van der Waals surface area contributed by atoms with Crippen molar-refractivity contribution in [2.75, 3.05) is 7.11 Å². The molecule has 0 spiro atoms. The van der Waals surface area contributed by atoms with Gasteiger partial charge in [0, 0.05) is 6.54 Å². The number of aromatic nitrogens is 1. The predicted molar refractivity (Wildman–Crippen MR) is 79.0 cm³/mol. The van der Waals surface area contributed by atoms with Crippen LogP contribution in [-0.4, -0.2) is 17.6 Å². The number of carbonyl (C=O) groups excluding carboxylic acids is 1. The average molecular weight is 281 g/mol. The quantitative estimate of drug-likeness (QED) is 0.686. The van der Waals surface area contributed by atoms with Gasteiger partial charge in [-0.15, -0.1) is 0 Å². The van der Waals surface area contributed by atoms with Crippen LogP contribution < -0.4 is 0 Å². The molecular weight excluding hydrogens is 266 g/mol. The second-order valence-corrected chi connectivity index (χ2v) is 4.64. The zero-order valence-electron chi connectivity index (χ0n) is 11.7. The summed E-state index contributed by atoms with van der Waals surface area (Å²) in [7, 11) is 1.38. The fourth-order valence-corrected chi connectivity index (χ4v) is 2.33. The minimum Gasteiger partial charge on any atom is -0.464 e. The van der Waals surface area contributed by atoms with Crippen molar-refractivity contribution in [2.45, 2.75) is 6.54 Å². The molecule has 3 rings (SSSR count). The lowest BCUT2D eigenvalue weighted by molar-refractivity contribution is 0.0589. The number of rotatable bonds is 4. The molecule has 0 saturated carbocycles. The molecule has 3 aromatic rings. The zero-order chi connectivity index (χ0) is 14.7. The molecule has 0 radical (unpaired) electrons. The average Bonchev–Trinajstić information content (AvgIpc) is 3.17. The maximum atomic E-state index is 11.9. The molecular formula is C17H15NO3. The third kappa shape index (κ3) is 2.60. The van der Waals surface area contributed by atoms with Crippen LogP contribution in [-0.2, 0) is 11.3 Å². The van der Waals surface area contributed by atoms with E-state index in [9.17, 15) is 4.79 Å². The highest BCUT2D eigenvalue weighted by molar-refractivity contribution is 5.89. The van der Waals surface area contributed by atoms with Crippen molar-refractivity contribution in [1.29, 1.82) is 0 Å². The fourth-order valence-electron chi connectivity index (χ4n) is 2.33. The summed E-state index contributed by atoms with van der Waals surface area (Å²) in [6.45, 7) is 0.578. The lowest BCUT2D eigenvalue weighted by atomic mass is 10.2. The summed E-state index contributed by atoms with van der Waals surface area (Å²) >= 11 is 0. The van der Waals surface area contributed by atoms with Crippen molar-refractivity contribution in [1.82, 2.24) is 4.57 Å². The molecule has 0 aliphatic carbocycles. The molecule has 0 aliphatic rings. The van der Waals surface area contributed by atoms with Crippen LogP contribution in [0.5, 0.6) is 0 Å². The number of ether oxygens (including phenoxy) is 1. The number of nitrogens with zero attached hydrogens (tertiary/aromatic N) is 1. The summed E-state index contributed by atoms with van der Waals surface area (Å²) in [5, 5.41) is 0. The van der Waals surface area contributed by atoms with Crippen molar-refractivity contribution >= 4 is 5.97 Å². The third-order valence-corrected chi connectivity index (χ3v) is 3.33. The first-order valence-electron chi connectivity index (χ1n) is 6.65. The topological polar surface area (TPSA) is 44.4 Å². The van der Waals surface area contributed by atoms with E-state index in [0.29, 0.717) is 12.2 Å². The molecule has 0 atom stereocenters. The summed E-state index contributed by atoms with van der Waals surface area (Å²) in [4.78, 5) is 11.9. The van der Waals surface area contributed by atoms with E-state index in [1.54, 1.807) is 12.3 Å². The van der Waals surface area contributed by atoms with Gasteiger partial charge in [-0.05, 0) is 29.8 Å². The van der Waals surface area contributed by atoms with Gasteiger partial charge in [0.25, 0.3) is 0 Å². The number of furan rings is 1. The van der Waals surface area contributed by atoms with Crippen molar-refractivity contribution in [3.8, 4) is 11.5 Å². The Morgan fingerprint density at radius 2 is 1.90 bits per heavy atom. The second kappa shape index (κ2) is 5.71. The summed E-state index contributed by atoms with van der Waals surface area (Å²) in [5.41, 5.74) is 2.46. The summed E-state index contributed by atoms with van der Waals surface area (Å²) in [6.07, 6.45) is 1.62. The fraction of sp³-hybridized carbons (Fsp3) is 0.118. The molecule has 1 aromatic carbocycles. The molecule has 0 N–H and O–H groups in total. The van der Waals surface area contributed by atoms with Gasteiger partial charge in [0.15, 0.2) is 0 Å². The van der Waals surface area contributed by atoms with Crippen LogP contribution in [0.3, 0.4) is 0 Å². The first kappa shape index (κ1) is 13.2. The molecule has 4 nitrogen and oxygen atoms in total. The molecule has 21 heavy (non-hydrogen) atoms. The van der Waals surface area contributed by atoms with Gasteiger partial charge in [-0.2, -0.15) is 0 Å². The van der Waals surface area contributed by atoms with Crippen LogP contribution in [0.2, 0.25) is 0 Å². The molecule has 0 amide bonds. The van der Waals surface area contributed by atoms with Crippen LogP contribution >= 0.6 is 0 Å². The van der Waals surface area contributed by atoms with Crippen LogP contribution in [0.1, 0.15) is 16.1 Å². The van der Waals surface area contributed by atoms with Gasteiger partial charge in [-0.25, -0.2) is 4.79 Å². The molecule has 2 aromatic heterocycles. The molecule has 2 heterocycles. The van der Waals surface area contributed by atoms with Gasteiger partial charge in [0.1, 0.15) is 11.5 Å². The van der Waals surface area contributed by atoms with Gasteiger partial charge in [0.05, 0.1) is 19.1 Å². The number of benzene rings is 1. The maximum Gasteiger partial charge on any atom is 0.354 e. The first-order valence-corrected chi connectivity index (χ1v) is 6.65. The Labute approximate surface area is 122 Å². The minimum absolute atomic E-state index is 0.358. The van der Waals surface area contributed by atoms with E-state index in [1.807, 2.05) is 53.1 Å². The van der Waals surface area contributed by atoms with Crippen molar-refractivity contribution < 1.29 is 13.9 Å². The van der Waals surface area contributed by atoms with Gasteiger partial charge < -0.3 is 13.7 Å². The van der Waals surface area contributed by atoms with Crippen LogP contribution in [0.15, 0.2) is 65.3 Å². The Kier molecular flexibility index (Phi) is 3.60. The van der Waals surface area contributed by atoms with Crippen LogP contribution in [0, 0.1) is 0 Å². The highest BCUT2D eigenvalue weighted by atomic mass is 16.5. The number of carbonyl (C=O) groups is 1. The van der Waals surface area contributed by atoms with Crippen molar-refractivity contribution in [3.05, 3.63) is 72.1 Å². The molecule has 106 valence electrons. The molecule has 0 fully saturated rings. The Hall–Kier alpha value is -2.75. The van der Waals surface area contributed by atoms with Crippen molar-refractivity contribution in [3.63, 3.8) is 0 Å². The van der Waals surface area contributed by atoms with Crippen LogP contribution in [0.25, 0.3) is 11.5 Å². The lowest BCUT2D eigenvalue weighted by Gasteiger charge is -2.11. The predicted octanol–water partition coefficient (Wildman–Crippen LogP) is 3.58. The molecule has 0 saturated heterocycles. The molecule has 0 unspecified atom stereocenters. The second-order valence-electron chi connectivity index (χ2n) is 4.64. The van der Waals surface area contributed by atoms with Gasteiger partial charge >= 0.3 is 5.97 Å². The number of methoxy groups -OCH3 is 1. The number of hydrogen-bond donors (Lipinski definition) is 0. The minimum atomic E-state index is -0.358. The van der Waals surface area contributed by atoms with E-state index in [0.717, 1.165) is 17.0 Å². The largest absolute Gasteiger partial charge is 0.464 e. The number of hydrogen-bond acceptors (Lipinski definition) is 3. The summed E-state index contributed by atoms with van der Waals surface area (Å²) < 4.78 is 12.2. The normalized spacial score (nSPS) is 10.5. The third-order valence-electron chi connectivity index (χ3n) is 3.33. The Balaban J connectivity index is 2.06. The highest BCUT2D eigenvalue weighted by Crippen LogP contribution is 2.24. The van der Waals surface area contributed by atoms with E-state index in [2.05, 4.69) is 0 Å². The van der Waals surface area contributed by atoms with Gasteiger partial charge in [-0.3, -0.25) is 0 Å². The first-order chi connectivity index (χ1) is 10.3. The zero-order valence-corrected chi connectivity index (χ0v) is 11.7. The van der Waals surface area contributed by atoms with Gasteiger partial charge in [0.2, 0.25) is 0 Å². The van der Waals surface area contributed by atoms with E-state index in [-0.39, 0.29) is 5.97 Å².